The molecule has 2 saturated heterocycles. The molecule has 6 nitrogen and oxygen atoms in total. The summed E-state index contributed by atoms with van der Waals surface area (Å²) in [5.41, 5.74) is 0.754. The van der Waals surface area contributed by atoms with Gasteiger partial charge in [-0.2, -0.15) is 4.31 Å². The van der Waals surface area contributed by atoms with E-state index in [1.807, 2.05) is 0 Å². The fraction of sp³-hybridized carbons (Fsp3) is 0.458. The Labute approximate surface area is 193 Å². The van der Waals surface area contributed by atoms with E-state index in [4.69, 9.17) is 4.74 Å². The van der Waals surface area contributed by atoms with Crippen molar-refractivity contribution in [2.24, 2.45) is 0 Å². The second-order valence-corrected chi connectivity index (χ2v) is 10.5. The van der Waals surface area contributed by atoms with Gasteiger partial charge in [0.1, 0.15) is 11.9 Å². The van der Waals surface area contributed by atoms with Crippen molar-refractivity contribution in [3.63, 3.8) is 0 Å². The largest absolute Gasteiger partial charge is 0.487 e. The van der Waals surface area contributed by atoms with Crippen LogP contribution in [-0.2, 0) is 21.2 Å². The van der Waals surface area contributed by atoms with Gasteiger partial charge in [-0.15, -0.1) is 0 Å². The average Bonchev–Trinajstić information content (AvgIpc) is 2.82. The molecule has 0 atom stereocenters. The van der Waals surface area contributed by atoms with Crippen LogP contribution in [0.15, 0.2) is 47.4 Å². The van der Waals surface area contributed by atoms with Crippen molar-refractivity contribution >= 4 is 15.9 Å². The Balaban J connectivity index is 1.29. The number of piperidine rings is 2. The summed E-state index contributed by atoms with van der Waals surface area (Å²) in [7, 11) is -3.49. The monoisotopic (exact) mass is 478 g/mol. The van der Waals surface area contributed by atoms with E-state index < -0.39 is 21.7 Å². The number of carbonyl (C=O) groups is 1. The smallest absolute Gasteiger partial charge is 0.243 e. The third kappa shape index (κ3) is 5.70. The zero-order chi connectivity index (χ0) is 23.4. The lowest BCUT2D eigenvalue weighted by Crippen LogP contribution is -2.42. The van der Waals surface area contributed by atoms with Gasteiger partial charge in [0.05, 0.1) is 11.3 Å². The summed E-state index contributed by atoms with van der Waals surface area (Å²) < 4.78 is 59.5. The van der Waals surface area contributed by atoms with Gasteiger partial charge in [-0.05, 0) is 42.7 Å². The van der Waals surface area contributed by atoms with E-state index in [1.165, 1.54) is 10.4 Å². The SMILES string of the molecule is O=C(Cc1ccc(S(=O)(=O)N2CCCCC2)cc1)N1CCC(Oc2ccc(F)cc2F)CC1. The van der Waals surface area contributed by atoms with Crippen LogP contribution in [0.2, 0.25) is 0 Å². The summed E-state index contributed by atoms with van der Waals surface area (Å²) >= 11 is 0. The normalized spacial score (nSPS) is 18.3. The molecule has 0 radical (unpaired) electrons. The first-order valence-electron chi connectivity index (χ1n) is 11.3. The van der Waals surface area contributed by atoms with Crippen molar-refractivity contribution < 1.29 is 26.7 Å². The van der Waals surface area contributed by atoms with E-state index in [0.717, 1.165) is 37.0 Å². The van der Waals surface area contributed by atoms with Gasteiger partial charge in [-0.3, -0.25) is 4.79 Å². The number of sulfonamides is 1. The van der Waals surface area contributed by atoms with Gasteiger partial charge in [-0.1, -0.05) is 18.6 Å². The van der Waals surface area contributed by atoms with E-state index >= 15 is 0 Å². The molecule has 2 heterocycles. The number of likely N-dealkylation sites (tertiary alicyclic amines) is 1. The number of hydrogen-bond acceptors (Lipinski definition) is 4. The van der Waals surface area contributed by atoms with Gasteiger partial charge in [0.2, 0.25) is 15.9 Å². The van der Waals surface area contributed by atoms with Crippen molar-refractivity contribution in [1.82, 2.24) is 9.21 Å². The molecular weight excluding hydrogens is 450 g/mol. The predicted octanol–water partition coefficient (Wildman–Crippen LogP) is 3.75. The number of carbonyl (C=O) groups excluding carboxylic acids is 1. The van der Waals surface area contributed by atoms with Crippen molar-refractivity contribution in [3.05, 3.63) is 59.7 Å². The van der Waals surface area contributed by atoms with E-state index in [0.29, 0.717) is 39.0 Å². The van der Waals surface area contributed by atoms with Crippen molar-refractivity contribution in [2.75, 3.05) is 26.2 Å². The number of ether oxygens (including phenoxy) is 1. The Morgan fingerprint density at radius 3 is 2.24 bits per heavy atom. The maximum atomic E-state index is 13.8. The zero-order valence-corrected chi connectivity index (χ0v) is 19.2. The first-order chi connectivity index (χ1) is 15.8. The molecule has 0 aliphatic carbocycles. The molecule has 0 saturated carbocycles. The van der Waals surface area contributed by atoms with Crippen molar-refractivity contribution in [1.29, 1.82) is 0 Å². The van der Waals surface area contributed by atoms with Gasteiger partial charge >= 0.3 is 0 Å². The highest BCUT2D eigenvalue weighted by atomic mass is 32.2. The van der Waals surface area contributed by atoms with Crippen LogP contribution in [0, 0.1) is 11.6 Å². The van der Waals surface area contributed by atoms with Crippen LogP contribution in [0.4, 0.5) is 8.78 Å². The highest BCUT2D eigenvalue weighted by Crippen LogP contribution is 2.24. The Morgan fingerprint density at radius 2 is 1.61 bits per heavy atom. The topological polar surface area (TPSA) is 66.9 Å². The Kier molecular flexibility index (Phi) is 7.29. The maximum Gasteiger partial charge on any atom is 0.243 e. The lowest BCUT2D eigenvalue weighted by atomic mass is 10.1. The number of amides is 1. The fourth-order valence-electron chi connectivity index (χ4n) is 4.29. The highest BCUT2D eigenvalue weighted by molar-refractivity contribution is 7.89. The summed E-state index contributed by atoms with van der Waals surface area (Å²) in [5, 5.41) is 0. The van der Waals surface area contributed by atoms with Crippen molar-refractivity contribution in [3.8, 4) is 5.75 Å². The molecule has 2 fully saturated rings. The standard InChI is InChI=1S/C24H28F2N2O4S/c25-19-6-9-23(22(26)17-19)32-20-10-14-27(15-11-20)24(29)16-18-4-7-21(8-5-18)33(30,31)28-12-2-1-3-13-28/h4-9,17,20H,1-3,10-16H2. The van der Waals surface area contributed by atoms with E-state index in [9.17, 15) is 22.0 Å². The molecule has 0 aromatic heterocycles. The van der Waals surface area contributed by atoms with Crippen LogP contribution in [0.25, 0.3) is 0 Å². The predicted molar refractivity (Wildman–Crippen MR) is 119 cm³/mol. The third-order valence-corrected chi connectivity index (χ3v) is 8.13. The molecule has 0 unspecified atom stereocenters. The lowest BCUT2D eigenvalue weighted by molar-refractivity contribution is -0.132. The van der Waals surface area contributed by atoms with Crippen LogP contribution in [0.1, 0.15) is 37.7 Å². The van der Waals surface area contributed by atoms with Crippen LogP contribution in [0.3, 0.4) is 0 Å². The maximum absolute atomic E-state index is 13.8. The second kappa shape index (κ2) is 10.2. The number of rotatable bonds is 6. The van der Waals surface area contributed by atoms with E-state index in [1.54, 1.807) is 29.2 Å². The van der Waals surface area contributed by atoms with Gasteiger partial charge in [-0.25, -0.2) is 17.2 Å². The average molecular weight is 479 g/mol. The van der Waals surface area contributed by atoms with Crippen LogP contribution < -0.4 is 4.74 Å². The molecule has 33 heavy (non-hydrogen) atoms. The van der Waals surface area contributed by atoms with E-state index in [-0.39, 0.29) is 29.1 Å². The Morgan fingerprint density at radius 1 is 0.939 bits per heavy atom. The molecule has 9 heteroatoms. The minimum atomic E-state index is -3.49. The number of halogens is 2. The summed E-state index contributed by atoms with van der Waals surface area (Å²) in [4.78, 5) is 14.7. The fourth-order valence-corrected chi connectivity index (χ4v) is 5.81. The van der Waals surface area contributed by atoms with Crippen LogP contribution >= 0.6 is 0 Å². The second-order valence-electron chi connectivity index (χ2n) is 8.56. The summed E-state index contributed by atoms with van der Waals surface area (Å²) in [6.07, 6.45) is 3.86. The molecule has 2 aromatic rings. The molecular formula is C24H28F2N2O4S. The Bertz CT molecular complexity index is 1080. The zero-order valence-electron chi connectivity index (χ0n) is 18.4. The molecule has 0 spiro atoms. The molecule has 0 N–H and O–H groups in total. The third-order valence-electron chi connectivity index (χ3n) is 6.21. The number of nitrogens with zero attached hydrogens (tertiary/aromatic N) is 2. The molecule has 2 aliphatic rings. The molecule has 2 aromatic carbocycles. The first kappa shape index (κ1) is 23.6. The minimum absolute atomic E-state index is 0.0146. The molecule has 178 valence electrons. The van der Waals surface area contributed by atoms with E-state index in [2.05, 4.69) is 0 Å². The van der Waals surface area contributed by atoms with Crippen LogP contribution in [-0.4, -0.2) is 55.8 Å². The highest BCUT2D eigenvalue weighted by Gasteiger charge is 2.27. The molecule has 0 bridgehead atoms. The van der Waals surface area contributed by atoms with Gasteiger partial charge < -0.3 is 9.64 Å². The van der Waals surface area contributed by atoms with Crippen molar-refractivity contribution in [2.45, 2.75) is 49.5 Å². The first-order valence-corrected chi connectivity index (χ1v) is 12.8. The van der Waals surface area contributed by atoms with Gasteiger partial charge in [0.25, 0.3) is 0 Å². The molecule has 1 amide bonds. The molecule has 2 aliphatic heterocycles. The van der Waals surface area contributed by atoms with Gasteiger partial charge in [0.15, 0.2) is 11.6 Å². The summed E-state index contributed by atoms with van der Waals surface area (Å²) in [6, 6.07) is 9.76. The summed E-state index contributed by atoms with van der Waals surface area (Å²) in [6.45, 7) is 2.06. The number of hydrogen-bond donors (Lipinski definition) is 0. The lowest BCUT2D eigenvalue weighted by Gasteiger charge is -2.32. The minimum Gasteiger partial charge on any atom is -0.487 e. The van der Waals surface area contributed by atoms with Gasteiger partial charge in [0, 0.05) is 45.1 Å². The summed E-state index contributed by atoms with van der Waals surface area (Å²) in [5.74, 6) is -1.43. The number of benzene rings is 2. The quantitative estimate of drug-likeness (QED) is 0.634. The molecule has 4 rings (SSSR count). The Hall–Kier alpha value is -2.52. The van der Waals surface area contributed by atoms with Crippen LogP contribution in [0.5, 0.6) is 5.75 Å².